The highest BCUT2D eigenvalue weighted by molar-refractivity contribution is 5.94. The molecule has 0 atom stereocenters. The second-order valence-electron chi connectivity index (χ2n) is 4.54. The van der Waals surface area contributed by atoms with Crippen molar-refractivity contribution in [3.05, 3.63) is 34.9 Å². The Balaban J connectivity index is 1.92. The van der Waals surface area contributed by atoms with Gasteiger partial charge in [0.15, 0.2) is 0 Å². The highest BCUT2D eigenvalue weighted by Gasteiger charge is 2.21. The van der Waals surface area contributed by atoms with Crippen LogP contribution in [0.1, 0.15) is 28.8 Å². The number of halogens is 2. The summed E-state index contributed by atoms with van der Waals surface area (Å²) < 4.78 is 27.1. The van der Waals surface area contributed by atoms with Crippen LogP contribution < -0.4 is 10.6 Å². The Hall–Kier alpha value is -1.49. The Morgan fingerprint density at radius 2 is 2.06 bits per heavy atom. The Morgan fingerprint density at radius 1 is 1.33 bits per heavy atom. The Bertz CT molecular complexity index is 459. The maximum atomic E-state index is 13.6. The molecule has 1 amide bonds. The number of rotatable bonds is 5. The van der Waals surface area contributed by atoms with Gasteiger partial charge < -0.3 is 10.6 Å². The van der Waals surface area contributed by atoms with Gasteiger partial charge in [0.05, 0.1) is 0 Å². The van der Waals surface area contributed by atoms with E-state index in [9.17, 15) is 13.6 Å². The van der Waals surface area contributed by atoms with Crippen LogP contribution in [0.15, 0.2) is 12.1 Å². The van der Waals surface area contributed by atoms with Gasteiger partial charge in [-0.05, 0) is 31.4 Å². The molecule has 0 bridgehead atoms. The van der Waals surface area contributed by atoms with E-state index in [4.69, 9.17) is 0 Å². The Morgan fingerprint density at radius 3 is 2.72 bits per heavy atom. The lowest BCUT2D eigenvalue weighted by Gasteiger charge is -2.09. The molecule has 2 N–H and O–H groups in total. The lowest BCUT2D eigenvalue weighted by Crippen LogP contribution is -2.33. The van der Waals surface area contributed by atoms with Gasteiger partial charge >= 0.3 is 0 Å². The maximum Gasteiger partial charge on any atom is 0.257 e. The molecule has 1 aromatic rings. The third-order valence-electron chi connectivity index (χ3n) is 2.93. The third kappa shape index (κ3) is 3.04. The van der Waals surface area contributed by atoms with Gasteiger partial charge in [-0.2, -0.15) is 0 Å². The zero-order valence-corrected chi connectivity index (χ0v) is 10.2. The molecule has 0 unspecified atom stereocenters. The van der Waals surface area contributed by atoms with Gasteiger partial charge in [0.1, 0.15) is 17.2 Å². The van der Waals surface area contributed by atoms with Crippen molar-refractivity contribution in [1.29, 1.82) is 0 Å². The van der Waals surface area contributed by atoms with Crippen LogP contribution in [0.2, 0.25) is 0 Å². The van der Waals surface area contributed by atoms with Gasteiger partial charge in [-0.25, -0.2) is 8.78 Å². The van der Waals surface area contributed by atoms with Crippen LogP contribution in [0.25, 0.3) is 0 Å². The molecular weight excluding hydrogens is 238 g/mol. The van der Waals surface area contributed by atoms with E-state index in [0.29, 0.717) is 19.1 Å². The first-order valence-corrected chi connectivity index (χ1v) is 6.06. The predicted molar refractivity (Wildman–Crippen MR) is 64.5 cm³/mol. The molecule has 0 aromatic heterocycles. The number of carbonyl (C=O) groups is 1. The van der Waals surface area contributed by atoms with Crippen LogP contribution in [0.3, 0.4) is 0 Å². The zero-order chi connectivity index (χ0) is 13.1. The molecule has 1 fully saturated rings. The van der Waals surface area contributed by atoms with E-state index in [-0.39, 0.29) is 5.56 Å². The predicted octanol–water partition coefficient (Wildman–Crippen LogP) is 1.76. The monoisotopic (exact) mass is 254 g/mol. The van der Waals surface area contributed by atoms with E-state index in [1.54, 1.807) is 0 Å². The van der Waals surface area contributed by atoms with Crippen molar-refractivity contribution in [2.24, 2.45) is 0 Å². The molecule has 1 aliphatic rings. The quantitative estimate of drug-likeness (QED) is 0.786. The highest BCUT2D eigenvalue weighted by Crippen LogP contribution is 2.18. The van der Waals surface area contributed by atoms with Crippen molar-refractivity contribution >= 4 is 5.91 Å². The summed E-state index contributed by atoms with van der Waals surface area (Å²) in [4.78, 5) is 11.7. The van der Waals surface area contributed by atoms with Crippen molar-refractivity contribution in [2.45, 2.75) is 25.8 Å². The van der Waals surface area contributed by atoms with Crippen LogP contribution >= 0.6 is 0 Å². The molecule has 0 radical (unpaired) electrons. The first kappa shape index (κ1) is 13.0. The van der Waals surface area contributed by atoms with Crippen LogP contribution in [-0.2, 0) is 0 Å². The van der Waals surface area contributed by atoms with Crippen molar-refractivity contribution in [3.8, 4) is 0 Å². The van der Waals surface area contributed by atoms with Gasteiger partial charge in [-0.15, -0.1) is 0 Å². The number of hydrogen-bond acceptors (Lipinski definition) is 2. The molecule has 0 heterocycles. The summed E-state index contributed by atoms with van der Waals surface area (Å²) in [6.45, 7) is 2.48. The minimum atomic E-state index is -0.828. The summed E-state index contributed by atoms with van der Waals surface area (Å²) in [6, 6.07) is 2.97. The topological polar surface area (TPSA) is 41.1 Å². The van der Waals surface area contributed by atoms with E-state index in [2.05, 4.69) is 10.6 Å². The normalized spacial score (nSPS) is 14.6. The Labute approximate surface area is 105 Å². The van der Waals surface area contributed by atoms with E-state index in [1.807, 2.05) is 0 Å². The Kier molecular flexibility index (Phi) is 3.91. The standard InChI is InChI=1S/C13H16F2N2O/c1-8-2-5-10(14)11(12(8)15)13(18)17-7-6-16-9-3-4-9/h2,5,9,16H,3-4,6-7H2,1H3,(H,17,18). The lowest BCUT2D eigenvalue weighted by molar-refractivity contribution is 0.0945. The zero-order valence-electron chi connectivity index (χ0n) is 10.2. The van der Waals surface area contributed by atoms with Gasteiger partial charge in [0.2, 0.25) is 0 Å². The number of benzene rings is 1. The molecule has 3 nitrogen and oxygen atoms in total. The van der Waals surface area contributed by atoms with E-state index in [1.165, 1.54) is 13.0 Å². The van der Waals surface area contributed by atoms with Gasteiger partial charge in [0, 0.05) is 19.1 Å². The number of aryl methyl sites for hydroxylation is 1. The summed E-state index contributed by atoms with van der Waals surface area (Å²) in [5, 5.41) is 5.71. The molecular formula is C13H16F2N2O. The third-order valence-corrected chi connectivity index (χ3v) is 2.93. The van der Waals surface area contributed by atoms with Crippen LogP contribution in [0, 0.1) is 18.6 Å². The van der Waals surface area contributed by atoms with Gasteiger partial charge in [-0.1, -0.05) is 6.07 Å². The average Bonchev–Trinajstić information content (AvgIpc) is 3.14. The summed E-state index contributed by atoms with van der Waals surface area (Å²) in [5.74, 6) is -2.32. The lowest BCUT2D eigenvalue weighted by atomic mass is 10.1. The first-order chi connectivity index (χ1) is 8.59. The fourth-order valence-electron chi connectivity index (χ4n) is 1.69. The molecule has 0 aliphatic heterocycles. The van der Waals surface area contributed by atoms with Crippen molar-refractivity contribution in [1.82, 2.24) is 10.6 Å². The largest absolute Gasteiger partial charge is 0.351 e. The smallest absolute Gasteiger partial charge is 0.257 e. The molecule has 18 heavy (non-hydrogen) atoms. The molecule has 0 saturated heterocycles. The number of carbonyl (C=O) groups excluding carboxylic acids is 1. The maximum absolute atomic E-state index is 13.6. The molecule has 5 heteroatoms. The molecule has 1 saturated carbocycles. The van der Waals surface area contributed by atoms with E-state index in [0.717, 1.165) is 18.9 Å². The summed E-state index contributed by atoms with van der Waals surface area (Å²) >= 11 is 0. The summed E-state index contributed by atoms with van der Waals surface area (Å²) in [7, 11) is 0. The number of hydrogen-bond donors (Lipinski definition) is 2. The van der Waals surface area contributed by atoms with Gasteiger partial charge in [0.25, 0.3) is 5.91 Å². The molecule has 1 aromatic carbocycles. The molecule has 2 rings (SSSR count). The minimum absolute atomic E-state index is 0.262. The van der Waals surface area contributed by atoms with Crippen molar-refractivity contribution in [2.75, 3.05) is 13.1 Å². The van der Waals surface area contributed by atoms with Crippen LogP contribution in [-0.4, -0.2) is 25.0 Å². The number of nitrogens with one attached hydrogen (secondary N) is 2. The average molecular weight is 254 g/mol. The van der Waals surface area contributed by atoms with Crippen molar-refractivity contribution < 1.29 is 13.6 Å². The van der Waals surface area contributed by atoms with Crippen molar-refractivity contribution in [3.63, 3.8) is 0 Å². The van der Waals surface area contributed by atoms with Crippen LogP contribution in [0.4, 0.5) is 8.78 Å². The van der Waals surface area contributed by atoms with E-state index < -0.39 is 23.1 Å². The van der Waals surface area contributed by atoms with Crippen LogP contribution in [0.5, 0.6) is 0 Å². The van der Waals surface area contributed by atoms with E-state index >= 15 is 0 Å². The molecule has 0 spiro atoms. The highest BCUT2D eigenvalue weighted by atomic mass is 19.1. The minimum Gasteiger partial charge on any atom is -0.351 e. The molecule has 1 aliphatic carbocycles. The number of amides is 1. The summed E-state index contributed by atoms with van der Waals surface area (Å²) in [5.41, 5.74) is -0.237. The fraction of sp³-hybridized carbons (Fsp3) is 0.462. The van der Waals surface area contributed by atoms with Gasteiger partial charge in [-0.3, -0.25) is 4.79 Å². The molecule has 98 valence electrons. The first-order valence-electron chi connectivity index (χ1n) is 6.06. The second kappa shape index (κ2) is 5.44. The summed E-state index contributed by atoms with van der Waals surface area (Å²) in [6.07, 6.45) is 2.32. The fourth-order valence-corrected chi connectivity index (χ4v) is 1.69. The SMILES string of the molecule is Cc1ccc(F)c(C(=O)NCCNC2CC2)c1F. The second-order valence-corrected chi connectivity index (χ2v) is 4.54.